The predicted molar refractivity (Wildman–Crippen MR) is 83.5 cm³/mol. The number of hydrogen-bond donors (Lipinski definition) is 0. The molecular weight excluding hydrogens is 272 g/mol. The van der Waals surface area contributed by atoms with Crippen LogP contribution in [-0.4, -0.2) is 54.9 Å². The number of rotatable bonds is 4. The lowest BCUT2D eigenvalue weighted by atomic mass is 10.1. The standard InChI is InChI=1S/C16H23ClN2O/c1-13-12-18(2)9-5-10-19(13)11-8-16(20)14-6-3-4-7-15(14)17/h3-4,6-7,13H,5,8-12H2,1-2H3. The first-order valence-electron chi connectivity index (χ1n) is 7.28. The molecule has 0 radical (unpaired) electrons. The summed E-state index contributed by atoms with van der Waals surface area (Å²) < 4.78 is 0. The number of ketones is 1. The second kappa shape index (κ2) is 7.21. The third-order valence-corrected chi connectivity index (χ3v) is 4.31. The zero-order chi connectivity index (χ0) is 14.5. The first kappa shape index (κ1) is 15.5. The van der Waals surface area contributed by atoms with Gasteiger partial charge < -0.3 is 4.90 Å². The Hall–Kier alpha value is -0.900. The Bertz CT molecular complexity index is 464. The SMILES string of the molecule is CC1CN(C)CCCN1CCC(=O)c1ccccc1Cl. The minimum Gasteiger partial charge on any atom is -0.305 e. The van der Waals surface area contributed by atoms with Crippen molar-refractivity contribution in [3.8, 4) is 0 Å². The van der Waals surface area contributed by atoms with E-state index >= 15 is 0 Å². The quantitative estimate of drug-likeness (QED) is 0.798. The van der Waals surface area contributed by atoms with Gasteiger partial charge in [0.05, 0.1) is 5.02 Å². The molecule has 0 amide bonds. The third kappa shape index (κ3) is 4.05. The van der Waals surface area contributed by atoms with Crippen LogP contribution in [0.2, 0.25) is 5.02 Å². The number of likely N-dealkylation sites (N-methyl/N-ethyl adjacent to an activating group) is 1. The number of nitrogens with zero attached hydrogens (tertiary/aromatic N) is 2. The molecule has 0 bridgehead atoms. The fourth-order valence-electron chi connectivity index (χ4n) is 2.82. The van der Waals surface area contributed by atoms with Gasteiger partial charge in [-0.2, -0.15) is 0 Å². The molecule has 20 heavy (non-hydrogen) atoms. The highest BCUT2D eigenvalue weighted by molar-refractivity contribution is 6.33. The van der Waals surface area contributed by atoms with Crippen molar-refractivity contribution in [2.45, 2.75) is 25.8 Å². The molecule has 4 heteroatoms. The second-order valence-corrected chi connectivity index (χ2v) is 6.06. The van der Waals surface area contributed by atoms with Gasteiger partial charge in [-0.3, -0.25) is 9.69 Å². The van der Waals surface area contributed by atoms with Crippen molar-refractivity contribution in [2.24, 2.45) is 0 Å². The molecule has 1 saturated heterocycles. The van der Waals surface area contributed by atoms with Crippen molar-refractivity contribution in [1.29, 1.82) is 0 Å². The molecule has 1 aliphatic heterocycles. The topological polar surface area (TPSA) is 23.6 Å². The lowest BCUT2D eigenvalue weighted by Crippen LogP contribution is -2.39. The summed E-state index contributed by atoms with van der Waals surface area (Å²) in [7, 11) is 2.16. The summed E-state index contributed by atoms with van der Waals surface area (Å²) in [6.07, 6.45) is 1.71. The fourth-order valence-corrected chi connectivity index (χ4v) is 3.06. The van der Waals surface area contributed by atoms with Crippen molar-refractivity contribution < 1.29 is 4.79 Å². The van der Waals surface area contributed by atoms with Gasteiger partial charge in [0.15, 0.2) is 5.78 Å². The molecule has 1 atom stereocenters. The summed E-state index contributed by atoms with van der Waals surface area (Å²) in [6, 6.07) is 7.80. The largest absolute Gasteiger partial charge is 0.305 e. The molecule has 110 valence electrons. The van der Waals surface area contributed by atoms with Crippen LogP contribution in [0.15, 0.2) is 24.3 Å². The lowest BCUT2D eigenvalue weighted by Gasteiger charge is -2.27. The average Bonchev–Trinajstić information content (AvgIpc) is 2.57. The van der Waals surface area contributed by atoms with Gasteiger partial charge in [0.1, 0.15) is 0 Å². The molecule has 0 N–H and O–H groups in total. The Labute approximate surface area is 126 Å². The van der Waals surface area contributed by atoms with Gasteiger partial charge >= 0.3 is 0 Å². The van der Waals surface area contributed by atoms with Crippen molar-refractivity contribution >= 4 is 17.4 Å². The molecule has 1 fully saturated rings. The summed E-state index contributed by atoms with van der Waals surface area (Å²) in [6.45, 7) is 6.34. The molecule has 0 aliphatic carbocycles. The molecular formula is C16H23ClN2O. The summed E-state index contributed by atoms with van der Waals surface area (Å²) in [5.74, 6) is 0.139. The third-order valence-electron chi connectivity index (χ3n) is 3.98. The first-order valence-corrected chi connectivity index (χ1v) is 7.66. The van der Waals surface area contributed by atoms with Crippen LogP contribution in [0.5, 0.6) is 0 Å². The van der Waals surface area contributed by atoms with Gasteiger partial charge in [0, 0.05) is 31.1 Å². The van der Waals surface area contributed by atoms with Crippen LogP contribution in [0.25, 0.3) is 0 Å². The summed E-state index contributed by atoms with van der Waals surface area (Å²) in [5.41, 5.74) is 0.647. The molecule has 1 heterocycles. The van der Waals surface area contributed by atoms with Crippen molar-refractivity contribution in [3.63, 3.8) is 0 Å². The van der Waals surface area contributed by atoms with Gasteiger partial charge in [0.2, 0.25) is 0 Å². The van der Waals surface area contributed by atoms with Gasteiger partial charge in [-0.1, -0.05) is 23.7 Å². The number of halogens is 1. The van der Waals surface area contributed by atoms with Crippen molar-refractivity contribution in [3.05, 3.63) is 34.9 Å². The highest BCUT2D eigenvalue weighted by Crippen LogP contribution is 2.17. The van der Waals surface area contributed by atoms with Gasteiger partial charge in [-0.25, -0.2) is 0 Å². The van der Waals surface area contributed by atoms with Crippen LogP contribution in [0.3, 0.4) is 0 Å². The molecule has 0 saturated carbocycles. The van der Waals surface area contributed by atoms with Gasteiger partial charge in [-0.15, -0.1) is 0 Å². The van der Waals surface area contributed by atoms with E-state index in [1.165, 1.54) is 6.42 Å². The minimum atomic E-state index is 0.139. The second-order valence-electron chi connectivity index (χ2n) is 5.65. The van der Waals surface area contributed by atoms with E-state index < -0.39 is 0 Å². The Morgan fingerprint density at radius 1 is 1.35 bits per heavy atom. The van der Waals surface area contributed by atoms with Crippen LogP contribution in [0, 0.1) is 0 Å². The first-order chi connectivity index (χ1) is 9.58. The monoisotopic (exact) mass is 294 g/mol. The maximum atomic E-state index is 12.2. The summed E-state index contributed by atoms with van der Waals surface area (Å²) in [5, 5.41) is 0.557. The number of benzene rings is 1. The van der Waals surface area contributed by atoms with E-state index in [0.717, 1.165) is 26.2 Å². The van der Waals surface area contributed by atoms with E-state index in [1.54, 1.807) is 6.07 Å². The molecule has 1 aliphatic rings. The van der Waals surface area contributed by atoms with E-state index in [2.05, 4.69) is 23.8 Å². The zero-order valence-corrected chi connectivity index (χ0v) is 13.1. The Morgan fingerprint density at radius 3 is 2.85 bits per heavy atom. The highest BCUT2D eigenvalue weighted by atomic mass is 35.5. The molecule has 1 unspecified atom stereocenters. The van der Waals surface area contributed by atoms with E-state index in [9.17, 15) is 4.79 Å². The maximum absolute atomic E-state index is 12.2. The fraction of sp³-hybridized carbons (Fsp3) is 0.562. The van der Waals surface area contributed by atoms with Gasteiger partial charge in [0.25, 0.3) is 0 Å². The van der Waals surface area contributed by atoms with Gasteiger partial charge in [-0.05, 0) is 45.6 Å². The van der Waals surface area contributed by atoms with Crippen LogP contribution >= 0.6 is 11.6 Å². The summed E-state index contributed by atoms with van der Waals surface area (Å²) in [4.78, 5) is 17.0. The Kier molecular flexibility index (Phi) is 5.58. The number of Topliss-reactive ketones (excluding diaryl/α,β-unsaturated/α-hetero) is 1. The van der Waals surface area contributed by atoms with E-state index in [0.29, 0.717) is 23.0 Å². The van der Waals surface area contributed by atoms with E-state index in [1.807, 2.05) is 18.2 Å². The molecule has 0 aromatic heterocycles. The Morgan fingerprint density at radius 2 is 2.10 bits per heavy atom. The van der Waals surface area contributed by atoms with Crippen LogP contribution < -0.4 is 0 Å². The van der Waals surface area contributed by atoms with E-state index in [-0.39, 0.29) is 5.78 Å². The normalized spacial score (nSPS) is 21.6. The maximum Gasteiger partial charge on any atom is 0.165 e. The van der Waals surface area contributed by atoms with E-state index in [4.69, 9.17) is 11.6 Å². The molecule has 1 aromatic carbocycles. The molecule has 0 spiro atoms. The predicted octanol–water partition coefficient (Wildman–Crippen LogP) is 2.94. The average molecular weight is 295 g/mol. The van der Waals surface area contributed by atoms with Crippen LogP contribution in [0.1, 0.15) is 30.1 Å². The molecule has 1 aromatic rings. The lowest BCUT2D eigenvalue weighted by molar-refractivity contribution is 0.0953. The number of hydrogen-bond acceptors (Lipinski definition) is 3. The zero-order valence-electron chi connectivity index (χ0n) is 12.3. The number of carbonyl (C=O) groups excluding carboxylic acids is 1. The minimum absolute atomic E-state index is 0.139. The van der Waals surface area contributed by atoms with Crippen LogP contribution in [0.4, 0.5) is 0 Å². The van der Waals surface area contributed by atoms with Crippen LogP contribution in [-0.2, 0) is 0 Å². The van der Waals surface area contributed by atoms with Crippen molar-refractivity contribution in [1.82, 2.24) is 9.80 Å². The molecule has 3 nitrogen and oxygen atoms in total. The number of carbonyl (C=O) groups is 1. The smallest absolute Gasteiger partial charge is 0.165 e. The Balaban J connectivity index is 1.91. The van der Waals surface area contributed by atoms with Crippen molar-refractivity contribution in [2.75, 3.05) is 33.2 Å². The molecule has 2 rings (SSSR count). The summed E-state index contributed by atoms with van der Waals surface area (Å²) >= 11 is 6.07. The highest BCUT2D eigenvalue weighted by Gasteiger charge is 2.20.